The van der Waals surface area contributed by atoms with Crippen LogP contribution >= 0.6 is 0 Å². The molecule has 0 amide bonds. The molecule has 0 aliphatic carbocycles. The first-order valence-electron chi connectivity index (χ1n) is 20.9. The summed E-state index contributed by atoms with van der Waals surface area (Å²) in [6.07, 6.45) is 0.230. The first kappa shape index (κ1) is 41.2. The highest BCUT2D eigenvalue weighted by molar-refractivity contribution is 5.84. The van der Waals surface area contributed by atoms with Crippen molar-refractivity contribution in [2.75, 3.05) is 40.8 Å². The maximum atomic E-state index is 10.5. The average Bonchev–Trinajstić information content (AvgIpc) is 3.99. The Balaban J connectivity index is 1.43. The van der Waals surface area contributed by atoms with E-state index in [1.54, 1.807) is 28.4 Å². The number of rotatable bonds is 14. The molecule has 11 heteroatoms. The molecule has 3 heterocycles. The van der Waals surface area contributed by atoms with Crippen molar-refractivity contribution in [3.63, 3.8) is 0 Å². The first-order valence-corrected chi connectivity index (χ1v) is 20.9. The van der Waals surface area contributed by atoms with Crippen molar-refractivity contribution in [2.24, 2.45) is 0 Å². The van der Waals surface area contributed by atoms with Gasteiger partial charge in [0.2, 0.25) is 0 Å². The third kappa shape index (κ3) is 6.99. The molecule has 0 unspecified atom stereocenters. The van der Waals surface area contributed by atoms with Crippen LogP contribution in [0, 0.1) is 0 Å². The smallest absolute Gasteiger partial charge is 0.168 e. The molecule has 6 aromatic carbocycles. The molecule has 1 aliphatic rings. The molecule has 8 aromatic rings. The van der Waals surface area contributed by atoms with Gasteiger partial charge in [0.25, 0.3) is 0 Å². The fourth-order valence-corrected chi connectivity index (χ4v) is 9.23. The minimum absolute atomic E-state index is 0.131. The maximum absolute atomic E-state index is 10.5. The standard InChI is InChI=1S/C52H49N5O6/c1-59-40-23-15-36(16-24-40)51(34-11-7-5-8-12-34,37-17-25-41(60-2)26-18-37)49-55-47(53)46-48(56-49)57(45-32-31-44(33-58)63-45)50(54-46)52(35-13-9-6-10-14-35,38-19-27-42(61-3)28-20-38)39-21-29-43(62-4)30-22-39/h5-30,44-45,58H,31-33H2,1-4H3,(H2,53,55,56)/t44-,45+/m0/s1. The van der Waals surface area contributed by atoms with Crippen molar-refractivity contribution in [1.29, 1.82) is 0 Å². The van der Waals surface area contributed by atoms with Crippen molar-refractivity contribution in [3.8, 4) is 23.0 Å². The summed E-state index contributed by atoms with van der Waals surface area (Å²) in [6.45, 7) is -0.131. The Morgan fingerprint density at radius 2 is 0.937 bits per heavy atom. The first-order chi connectivity index (χ1) is 30.9. The summed E-state index contributed by atoms with van der Waals surface area (Å²) in [4.78, 5) is 16.5. The Kier molecular flexibility index (Phi) is 11.3. The monoisotopic (exact) mass is 839 g/mol. The minimum atomic E-state index is -1.11. The van der Waals surface area contributed by atoms with Crippen molar-refractivity contribution in [1.82, 2.24) is 19.5 Å². The van der Waals surface area contributed by atoms with Gasteiger partial charge in [-0.15, -0.1) is 0 Å². The molecule has 0 saturated carbocycles. The third-order valence-corrected chi connectivity index (χ3v) is 12.3. The summed E-state index contributed by atoms with van der Waals surface area (Å²) in [5, 5.41) is 10.5. The lowest BCUT2D eigenvalue weighted by atomic mass is 9.68. The van der Waals surface area contributed by atoms with Crippen LogP contribution in [0.5, 0.6) is 23.0 Å². The van der Waals surface area contributed by atoms with E-state index in [1.807, 2.05) is 109 Å². The molecule has 3 N–H and O–H groups in total. The van der Waals surface area contributed by atoms with Crippen molar-refractivity contribution < 1.29 is 28.8 Å². The van der Waals surface area contributed by atoms with Crippen LogP contribution in [0.25, 0.3) is 11.2 Å². The van der Waals surface area contributed by atoms with Gasteiger partial charge in [-0.2, -0.15) is 0 Å². The molecule has 0 bridgehead atoms. The number of methoxy groups -OCH3 is 4. The van der Waals surface area contributed by atoms with Gasteiger partial charge in [0.05, 0.1) is 41.2 Å². The topological polar surface area (TPSA) is 136 Å². The number of fused-ring (bicyclic) bond motifs is 1. The molecule has 1 aliphatic heterocycles. The van der Waals surface area contributed by atoms with Gasteiger partial charge in [-0.1, -0.05) is 109 Å². The zero-order valence-corrected chi connectivity index (χ0v) is 35.6. The average molecular weight is 840 g/mol. The quantitative estimate of drug-likeness (QED) is 0.102. The normalized spacial score (nSPS) is 15.3. The van der Waals surface area contributed by atoms with E-state index < -0.39 is 23.2 Å². The molecular weight excluding hydrogens is 791 g/mol. The number of nitrogen functional groups attached to an aromatic ring is 1. The second-order valence-electron chi connectivity index (χ2n) is 15.5. The van der Waals surface area contributed by atoms with E-state index in [1.165, 1.54) is 0 Å². The lowest BCUT2D eigenvalue weighted by Gasteiger charge is -2.37. The van der Waals surface area contributed by atoms with E-state index in [9.17, 15) is 5.11 Å². The zero-order valence-electron chi connectivity index (χ0n) is 35.6. The number of hydrogen-bond acceptors (Lipinski definition) is 10. The molecule has 0 spiro atoms. The molecule has 11 nitrogen and oxygen atoms in total. The van der Waals surface area contributed by atoms with Gasteiger partial charge in [0.1, 0.15) is 45.9 Å². The van der Waals surface area contributed by atoms with Crippen LogP contribution in [0.4, 0.5) is 5.82 Å². The number of ether oxygens (including phenoxy) is 5. The van der Waals surface area contributed by atoms with Crippen LogP contribution in [0.2, 0.25) is 0 Å². The number of imidazole rings is 1. The molecule has 2 atom stereocenters. The van der Waals surface area contributed by atoms with Crippen molar-refractivity contribution in [2.45, 2.75) is 36.0 Å². The van der Waals surface area contributed by atoms with Crippen molar-refractivity contribution in [3.05, 3.63) is 203 Å². The Hall–Kier alpha value is -7.21. The van der Waals surface area contributed by atoms with E-state index in [-0.39, 0.29) is 12.4 Å². The van der Waals surface area contributed by atoms with Gasteiger partial charge < -0.3 is 34.5 Å². The molecule has 1 saturated heterocycles. The number of aromatic nitrogens is 4. The van der Waals surface area contributed by atoms with Crippen molar-refractivity contribution >= 4 is 17.0 Å². The van der Waals surface area contributed by atoms with Crippen LogP contribution in [-0.2, 0) is 15.6 Å². The SMILES string of the molecule is COc1ccc(C(c2ccccc2)(c2ccc(OC)cc2)c2nc(N)c3nc(C(c4ccccc4)(c4ccc(OC)cc4)c4ccc(OC)cc4)n([C@H]4CC[C@@H](CO)O4)c3n2)cc1. The second kappa shape index (κ2) is 17.3. The number of aliphatic hydroxyl groups excluding tert-OH is 1. The Morgan fingerprint density at radius 1 is 0.540 bits per heavy atom. The molecule has 63 heavy (non-hydrogen) atoms. The van der Waals surface area contributed by atoms with Gasteiger partial charge in [-0.25, -0.2) is 15.0 Å². The zero-order chi connectivity index (χ0) is 43.6. The van der Waals surface area contributed by atoms with Gasteiger partial charge in [-0.3, -0.25) is 4.57 Å². The summed E-state index contributed by atoms with van der Waals surface area (Å²) in [5.74, 6) is 4.07. The summed E-state index contributed by atoms with van der Waals surface area (Å²) in [7, 11) is 6.62. The minimum Gasteiger partial charge on any atom is -0.497 e. The lowest BCUT2D eigenvalue weighted by molar-refractivity contribution is -0.0224. The Bertz CT molecular complexity index is 2700. The molecule has 318 valence electrons. The highest BCUT2D eigenvalue weighted by atomic mass is 16.5. The number of nitrogens with two attached hydrogens (primary N) is 1. The van der Waals surface area contributed by atoms with Crippen LogP contribution in [-0.4, -0.2) is 65.8 Å². The largest absolute Gasteiger partial charge is 0.497 e. The van der Waals surface area contributed by atoms with Gasteiger partial charge in [0, 0.05) is 0 Å². The fourth-order valence-electron chi connectivity index (χ4n) is 9.23. The predicted octanol–water partition coefficient (Wildman–Crippen LogP) is 8.88. The van der Waals surface area contributed by atoms with E-state index in [0.29, 0.717) is 58.7 Å². The summed E-state index contributed by atoms with van der Waals surface area (Å²) >= 11 is 0. The van der Waals surface area contributed by atoms with Gasteiger partial charge in [-0.05, 0) is 94.8 Å². The van der Waals surface area contributed by atoms with E-state index in [2.05, 4.69) is 53.1 Å². The second-order valence-corrected chi connectivity index (χ2v) is 15.5. The predicted molar refractivity (Wildman–Crippen MR) is 243 cm³/mol. The van der Waals surface area contributed by atoms with Gasteiger partial charge in [0.15, 0.2) is 22.8 Å². The molecular formula is C52H49N5O6. The number of benzene rings is 6. The number of aliphatic hydroxyl groups is 1. The highest BCUT2D eigenvalue weighted by Crippen LogP contribution is 2.50. The maximum Gasteiger partial charge on any atom is 0.168 e. The van der Waals surface area contributed by atoms with Crippen LogP contribution < -0.4 is 24.7 Å². The fraction of sp³-hybridized carbons (Fsp3) is 0.212. The number of nitrogens with zero attached hydrogens (tertiary/aromatic N) is 4. The van der Waals surface area contributed by atoms with Gasteiger partial charge >= 0.3 is 0 Å². The van der Waals surface area contributed by atoms with Crippen LogP contribution in [0.15, 0.2) is 158 Å². The molecule has 0 radical (unpaired) electrons. The third-order valence-electron chi connectivity index (χ3n) is 12.3. The number of hydrogen-bond donors (Lipinski definition) is 2. The lowest BCUT2D eigenvalue weighted by Crippen LogP contribution is -2.36. The van der Waals surface area contributed by atoms with E-state index in [4.69, 9.17) is 44.4 Å². The van der Waals surface area contributed by atoms with E-state index in [0.717, 1.165) is 33.4 Å². The summed E-state index contributed by atoms with van der Waals surface area (Å²) < 4.78 is 31.5. The van der Waals surface area contributed by atoms with E-state index >= 15 is 0 Å². The summed E-state index contributed by atoms with van der Waals surface area (Å²) in [6, 6.07) is 52.5. The molecule has 2 aromatic heterocycles. The summed E-state index contributed by atoms with van der Waals surface area (Å²) in [5.41, 5.74) is 11.4. The molecule has 9 rings (SSSR count). The Labute approximate surface area is 366 Å². The van der Waals surface area contributed by atoms with Crippen LogP contribution in [0.3, 0.4) is 0 Å². The Morgan fingerprint density at radius 3 is 1.33 bits per heavy atom. The van der Waals surface area contributed by atoms with Crippen LogP contribution in [0.1, 0.15) is 64.1 Å². The highest BCUT2D eigenvalue weighted by Gasteiger charge is 2.47. The molecule has 1 fully saturated rings. The number of anilines is 1.